The Balaban J connectivity index is 1.70. The number of nitrogens with one attached hydrogen (secondary N) is 2. The van der Waals surface area contributed by atoms with Gasteiger partial charge in [-0.1, -0.05) is 11.3 Å². The Hall–Kier alpha value is -1.73. The van der Waals surface area contributed by atoms with Gasteiger partial charge < -0.3 is 10.6 Å². The molecule has 106 valence electrons. The molecule has 1 fully saturated rings. The van der Waals surface area contributed by atoms with Gasteiger partial charge in [0.15, 0.2) is 5.13 Å². The summed E-state index contributed by atoms with van der Waals surface area (Å²) in [6.45, 7) is 3.06. The van der Waals surface area contributed by atoms with Gasteiger partial charge in [-0.3, -0.25) is 10.1 Å². The standard InChI is InChI=1S/C13H16N4O2S/c18-17(19)10-3-4-12-11(6-10)16-13(20-12)15-8-9-2-1-5-14-7-9/h3-4,6,9,14H,1-2,5,7-8H2,(H,15,16)/t9-/m1/s1. The fraction of sp³-hybridized carbons (Fsp3) is 0.462. The molecule has 1 aromatic carbocycles. The van der Waals surface area contributed by atoms with Crippen LogP contribution in [0.5, 0.6) is 0 Å². The Bertz CT molecular complexity index is 622. The van der Waals surface area contributed by atoms with Crippen molar-refractivity contribution in [3.63, 3.8) is 0 Å². The largest absolute Gasteiger partial charge is 0.361 e. The third-order valence-corrected chi connectivity index (χ3v) is 4.52. The maximum Gasteiger partial charge on any atom is 0.271 e. The molecule has 2 heterocycles. The summed E-state index contributed by atoms with van der Waals surface area (Å²) in [6, 6.07) is 4.81. The summed E-state index contributed by atoms with van der Waals surface area (Å²) in [5, 5.41) is 18.3. The second-order valence-electron chi connectivity index (χ2n) is 5.02. The predicted molar refractivity (Wildman–Crippen MR) is 80.4 cm³/mol. The molecule has 0 bridgehead atoms. The van der Waals surface area contributed by atoms with E-state index >= 15 is 0 Å². The zero-order valence-electron chi connectivity index (χ0n) is 11.0. The highest BCUT2D eigenvalue weighted by atomic mass is 32.1. The summed E-state index contributed by atoms with van der Waals surface area (Å²) in [5.41, 5.74) is 0.777. The van der Waals surface area contributed by atoms with Crippen molar-refractivity contribution >= 4 is 32.4 Å². The lowest BCUT2D eigenvalue weighted by Gasteiger charge is -2.22. The number of fused-ring (bicyclic) bond motifs is 1. The van der Waals surface area contributed by atoms with Crippen LogP contribution in [-0.4, -0.2) is 29.5 Å². The van der Waals surface area contributed by atoms with Gasteiger partial charge >= 0.3 is 0 Å². The maximum absolute atomic E-state index is 10.7. The van der Waals surface area contributed by atoms with Gasteiger partial charge in [-0.15, -0.1) is 0 Å². The van der Waals surface area contributed by atoms with Crippen molar-refractivity contribution in [2.45, 2.75) is 12.8 Å². The number of nitro groups is 1. The quantitative estimate of drug-likeness (QED) is 0.669. The number of aromatic nitrogens is 1. The van der Waals surface area contributed by atoms with Crippen LogP contribution in [0.15, 0.2) is 18.2 Å². The lowest BCUT2D eigenvalue weighted by molar-refractivity contribution is -0.384. The van der Waals surface area contributed by atoms with Crippen LogP contribution in [0.4, 0.5) is 10.8 Å². The van der Waals surface area contributed by atoms with Crippen molar-refractivity contribution in [3.8, 4) is 0 Å². The Morgan fingerprint density at radius 1 is 1.55 bits per heavy atom. The van der Waals surface area contributed by atoms with E-state index in [9.17, 15) is 10.1 Å². The van der Waals surface area contributed by atoms with E-state index in [2.05, 4.69) is 15.6 Å². The zero-order valence-corrected chi connectivity index (χ0v) is 11.8. The third kappa shape index (κ3) is 2.88. The molecule has 0 spiro atoms. The number of thiazole rings is 1. The molecule has 0 unspecified atom stereocenters. The summed E-state index contributed by atoms with van der Waals surface area (Å²) in [6.07, 6.45) is 2.45. The molecule has 1 aromatic heterocycles. The minimum Gasteiger partial charge on any atom is -0.361 e. The van der Waals surface area contributed by atoms with Crippen molar-refractivity contribution in [1.29, 1.82) is 0 Å². The highest BCUT2D eigenvalue weighted by Gasteiger charge is 2.14. The van der Waals surface area contributed by atoms with Crippen LogP contribution < -0.4 is 10.6 Å². The number of benzene rings is 1. The molecule has 1 saturated heterocycles. The maximum atomic E-state index is 10.7. The molecular formula is C13H16N4O2S. The highest BCUT2D eigenvalue weighted by molar-refractivity contribution is 7.22. The number of hydrogen-bond acceptors (Lipinski definition) is 6. The van der Waals surface area contributed by atoms with E-state index in [1.165, 1.54) is 25.0 Å². The monoisotopic (exact) mass is 292 g/mol. The first-order valence-electron chi connectivity index (χ1n) is 6.72. The molecule has 2 aromatic rings. The van der Waals surface area contributed by atoms with Gasteiger partial charge in [-0.2, -0.15) is 0 Å². The summed E-state index contributed by atoms with van der Waals surface area (Å²) in [4.78, 5) is 14.8. The van der Waals surface area contributed by atoms with Gasteiger partial charge in [0.1, 0.15) is 0 Å². The molecule has 7 heteroatoms. The summed E-state index contributed by atoms with van der Waals surface area (Å²) in [7, 11) is 0. The fourth-order valence-electron chi connectivity index (χ4n) is 2.43. The minimum atomic E-state index is -0.389. The molecule has 1 atom stereocenters. The van der Waals surface area contributed by atoms with Crippen molar-refractivity contribution in [2.24, 2.45) is 5.92 Å². The topological polar surface area (TPSA) is 80.1 Å². The number of rotatable bonds is 4. The second kappa shape index (κ2) is 5.72. The molecule has 20 heavy (non-hydrogen) atoms. The van der Waals surface area contributed by atoms with Gasteiger partial charge in [-0.25, -0.2) is 4.98 Å². The average molecular weight is 292 g/mol. The highest BCUT2D eigenvalue weighted by Crippen LogP contribution is 2.29. The van der Waals surface area contributed by atoms with Crippen LogP contribution in [0.1, 0.15) is 12.8 Å². The van der Waals surface area contributed by atoms with Gasteiger partial charge in [0.25, 0.3) is 5.69 Å². The molecule has 0 radical (unpaired) electrons. The molecule has 0 amide bonds. The lowest BCUT2D eigenvalue weighted by Crippen LogP contribution is -2.33. The van der Waals surface area contributed by atoms with Gasteiger partial charge in [-0.05, 0) is 37.9 Å². The van der Waals surface area contributed by atoms with E-state index in [-0.39, 0.29) is 10.6 Å². The van der Waals surface area contributed by atoms with Crippen LogP contribution in [-0.2, 0) is 0 Å². The van der Waals surface area contributed by atoms with Gasteiger partial charge in [0, 0.05) is 18.7 Å². The number of nitro benzene ring substituents is 1. The first-order chi connectivity index (χ1) is 9.72. The Morgan fingerprint density at radius 3 is 3.20 bits per heavy atom. The zero-order chi connectivity index (χ0) is 13.9. The average Bonchev–Trinajstić information content (AvgIpc) is 2.88. The first kappa shape index (κ1) is 13.3. The number of nitrogens with zero attached hydrogens (tertiary/aromatic N) is 2. The van der Waals surface area contributed by atoms with E-state index in [1.807, 2.05) is 0 Å². The molecule has 1 aliphatic rings. The van der Waals surface area contributed by atoms with E-state index in [1.54, 1.807) is 17.4 Å². The van der Waals surface area contributed by atoms with Crippen LogP contribution in [0.3, 0.4) is 0 Å². The normalized spacial score (nSPS) is 19.1. The van der Waals surface area contributed by atoms with Crippen LogP contribution >= 0.6 is 11.3 Å². The second-order valence-corrected chi connectivity index (χ2v) is 6.05. The molecule has 6 nitrogen and oxygen atoms in total. The van der Waals surface area contributed by atoms with Crippen LogP contribution in [0.25, 0.3) is 10.2 Å². The smallest absolute Gasteiger partial charge is 0.271 e. The minimum absolute atomic E-state index is 0.0887. The molecule has 2 N–H and O–H groups in total. The van der Waals surface area contributed by atoms with Crippen molar-refractivity contribution in [1.82, 2.24) is 10.3 Å². The predicted octanol–water partition coefficient (Wildman–Crippen LogP) is 2.62. The summed E-state index contributed by atoms with van der Waals surface area (Å²) in [5.74, 6) is 0.630. The van der Waals surface area contributed by atoms with E-state index in [0.29, 0.717) is 11.4 Å². The summed E-state index contributed by atoms with van der Waals surface area (Å²) >= 11 is 1.54. The first-order valence-corrected chi connectivity index (χ1v) is 7.53. The van der Waals surface area contributed by atoms with Crippen molar-refractivity contribution in [3.05, 3.63) is 28.3 Å². The number of anilines is 1. The molecule has 3 rings (SSSR count). The van der Waals surface area contributed by atoms with E-state index in [4.69, 9.17) is 0 Å². The fourth-order valence-corrected chi connectivity index (χ4v) is 3.29. The van der Waals surface area contributed by atoms with E-state index in [0.717, 1.165) is 29.5 Å². The third-order valence-electron chi connectivity index (χ3n) is 3.52. The molecule has 0 saturated carbocycles. The van der Waals surface area contributed by atoms with Crippen LogP contribution in [0, 0.1) is 16.0 Å². The SMILES string of the molecule is O=[N+]([O-])c1ccc2sc(NC[C@@H]3CCCNC3)nc2c1. The van der Waals surface area contributed by atoms with Gasteiger partial charge in [0.2, 0.25) is 0 Å². The number of hydrogen-bond donors (Lipinski definition) is 2. The molecule has 1 aliphatic heterocycles. The number of piperidine rings is 1. The summed E-state index contributed by atoms with van der Waals surface area (Å²) < 4.78 is 0.972. The van der Waals surface area contributed by atoms with E-state index < -0.39 is 0 Å². The van der Waals surface area contributed by atoms with Crippen LogP contribution in [0.2, 0.25) is 0 Å². The van der Waals surface area contributed by atoms with Crippen molar-refractivity contribution in [2.75, 3.05) is 25.0 Å². The molecular weight excluding hydrogens is 276 g/mol. The number of non-ortho nitro benzene ring substituents is 1. The Morgan fingerprint density at radius 2 is 2.45 bits per heavy atom. The lowest BCUT2D eigenvalue weighted by atomic mass is 10.00. The molecule has 0 aliphatic carbocycles. The van der Waals surface area contributed by atoms with Crippen molar-refractivity contribution < 1.29 is 4.92 Å². The Labute approximate surface area is 120 Å². The Kier molecular flexibility index (Phi) is 3.79. The van der Waals surface area contributed by atoms with Gasteiger partial charge in [0.05, 0.1) is 15.1 Å².